The van der Waals surface area contributed by atoms with E-state index >= 15 is 0 Å². The average molecular weight is 292 g/mol. The quantitative estimate of drug-likeness (QED) is 0.929. The van der Waals surface area contributed by atoms with Gasteiger partial charge < -0.3 is 10.1 Å². The molecule has 3 rings (SSSR count). The second-order valence-corrected chi connectivity index (χ2v) is 5.87. The highest BCUT2D eigenvalue weighted by Gasteiger charge is 2.31. The summed E-state index contributed by atoms with van der Waals surface area (Å²) in [4.78, 5) is 2.52. The van der Waals surface area contributed by atoms with Crippen molar-refractivity contribution in [2.75, 3.05) is 31.6 Å². The molecule has 1 aromatic rings. The number of nitriles is 1. The van der Waals surface area contributed by atoms with Crippen LogP contribution >= 0.6 is 11.6 Å². The summed E-state index contributed by atoms with van der Waals surface area (Å²) < 4.78 is 5.90. The van der Waals surface area contributed by atoms with Gasteiger partial charge in [-0.1, -0.05) is 11.6 Å². The number of benzene rings is 1. The van der Waals surface area contributed by atoms with E-state index in [1.54, 1.807) is 12.1 Å². The van der Waals surface area contributed by atoms with Crippen molar-refractivity contribution in [1.29, 1.82) is 5.26 Å². The summed E-state index contributed by atoms with van der Waals surface area (Å²) >= 11 is 5.90. The number of ether oxygens (including phenoxy) is 1. The highest BCUT2D eigenvalue weighted by molar-refractivity contribution is 6.30. The standard InChI is InChI=1S/C15H18ClN3O/c16-12-3-4-15(11(6-12)7-17)18-8-14-9-19-5-1-2-13(19)10-20-14/h3-4,6,13-14,18H,1-2,5,8-10H2. The summed E-state index contributed by atoms with van der Waals surface area (Å²) in [5.41, 5.74) is 1.40. The molecule has 5 heteroatoms. The molecule has 0 saturated carbocycles. The Morgan fingerprint density at radius 2 is 2.40 bits per heavy atom. The number of nitrogens with zero attached hydrogens (tertiary/aromatic N) is 2. The van der Waals surface area contributed by atoms with Crippen molar-refractivity contribution in [2.45, 2.75) is 25.0 Å². The van der Waals surface area contributed by atoms with E-state index in [0.29, 0.717) is 16.6 Å². The Morgan fingerprint density at radius 1 is 1.50 bits per heavy atom. The summed E-state index contributed by atoms with van der Waals surface area (Å²) in [5.74, 6) is 0. The molecular weight excluding hydrogens is 274 g/mol. The SMILES string of the molecule is N#Cc1cc(Cl)ccc1NCC1CN2CCCC2CO1. The smallest absolute Gasteiger partial charge is 0.101 e. The first-order valence-corrected chi connectivity index (χ1v) is 7.43. The van der Waals surface area contributed by atoms with Crippen LogP contribution in [0.15, 0.2) is 18.2 Å². The highest BCUT2D eigenvalue weighted by Crippen LogP contribution is 2.24. The average Bonchev–Trinajstić information content (AvgIpc) is 2.93. The lowest BCUT2D eigenvalue weighted by Gasteiger charge is -2.35. The lowest BCUT2D eigenvalue weighted by atomic mass is 10.1. The molecule has 0 bridgehead atoms. The van der Waals surface area contributed by atoms with Gasteiger partial charge in [0, 0.05) is 24.2 Å². The van der Waals surface area contributed by atoms with Gasteiger partial charge in [0.05, 0.1) is 24.0 Å². The number of nitrogens with one attached hydrogen (secondary N) is 1. The number of fused-ring (bicyclic) bond motifs is 1. The predicted molar refractivity (Wildman–Crippen MR) is 79.0 cm³/mol. The Bertz CT molecular complexity index is 528. The topological polar surface area (TPSA) is 48.3 Å². The molecule has 0 spiro atoms. The monoisotopic (exact) mass is 291 g/mol. The summed E-state index contributed by atoms with van der Waals surface area (Å²) in [6.07, 6.45) is 2.73. The summed E-state index contributed by atoms with van der Waals surface area (Å²) in [6, 6.07) is 8.11. The number of rotatable bonds is 3. The van der Waals surface area contributed by atoms with Crippen LogP contribution in [0.4, 0.5) is 5.69 Å². The van der Waals surface area contributed by atoms with Crippen LogP contribution in [0, 0.1) is 11.3 Å². The van der Waals surface area contributed by atoms with E-state index in [2.05, 4.69) is 16.3 Å². The minimum absolute atomic E-state index is 0.187. The molecule has 0 aromatic heterocycles. The van der Waals surface area contributed by atoms with Crippen molar-refractivity contribution in [2.24, 2.45) is 0 Å². The predicted octanol–water partition coefficient (Wildman–Crippen LogP) is 2.49. The number of hydrogen-bond donors (Lipinski definition) is 1. The van der Waals surface area contributed by atoms with Gasteiger partial charge in [0.25, 0.3) is 0 Å². The Kier molecular flexibility index (Phi) is 4.11. The van der Waals surface area contributed by atoms with Gasteiger partial charge in [0.2, 0.25) is 0 Å². The van der Waals surface area contributed by atoms with Gasteiger partial charge in [0.1, 0.15) is 6.07 Å². The molecule has 1 aromatic carbocycles. The zero-order chi connectivity index (χ0) is 13.9. The third kappa shape index (κ3) is 2.90. The van der Waals surface area contributed by atoms with Gasteiger partial charge in [-0.3, -0.25) is 4.90 Å². The lowest BCUT2D eigenvalue weighted by molar-refractivity contribution is -0.0415. The van der Waals surface area contributed by atoms with Crippen molar-refractivity contribution in [1.82, 2.24) is 4.90 Å². The first-order valence-electron chi connectivity index (χ1n) is 7.05. The Morgan fingerprint density at radius 3 is 3.25 bits per heavy atom. The fourth-order valence-electron chi connectivity index (χ4n) is 3.00. The van der Waals surface area contributed by atoms with Crippen LogP contribution in [0.3, 0.4) is 0 Å². The third-order valence-corrected chi connectivity index (χ3v) is 4.32. The van der Waals surface area contributed by atoms with E-state index in [4.69, 9.17) is 21.6 Å². The molecule has 106 valence electrons. The molecule has 4 nitrogen and oxygen atoms in total. The van der Waals surface area contributed by atoms with E-state index in [9.17, 15) is 0 Å². The maximum Gasteiger partial charge on any atom is 0.101 e. The van der Waals surface area contributed by atoms with E-state index in [-0.39, 0.29) is 6.10 Å². The fraction of sp³-hybridized carbons (Fsp3) is 0.533. The van der Waals surface area contributed by atoms with Gasteiger partial charge in [0.15, 0.2) is 0 Å². The van der Waals surface area contributed by atoms with Crippen molar-refractivity contribution >= 4 is 17.3 Å². The van der Waals surface area contributed by atoms with E-state index < -0.39 is 0 Å². The molecule has 2 unspecified atom stereocenters. The molecule has 2 aliphatic rings. The van der Waals surface area contributed by atoms with Crippen molar-refractivity contribution in [3.8, 4) is 6.07 Å². The number of anilines is 1. The van der Waals surface area contributed by atoms with Crippen LogP contribution in [-0.2, 0) is 4.74 Å². The summed E-state index contributed by atoms with van der Waals surface area (Å²) in [7, 11) is 0. The normalized spacial score (nSPS) is 26.0. The molecular formula is C15H18ClN3O. The van der Waals surface area contributed by atoms with Crippen LogP contribution in [0.25, 0.3) is 0 Å². The second-order valence-electron chi connectivity index (χ2n) is 5.43. The van der Waals surface area contributed by atoms with Crippen LogP contribution in [-0.4, -0.2) is 43.3 Å². The minimum Gasteiger partial charge on any atom is -0.381 e. The van der Waals surface area contributed by atoms with Gasteiger partial charge in [-0.2, -0.15) is 5.26 Å². The summed E-state index contributed by atoms with van der Waals surface area (Å²) in [5, 5.41) is 13.0. The molecule has 2 saturated heterocycles. The third-order valence-electron chi connectivity index (χ3n) is 4.08. The Hall–Kier alpha value is -1.28. The van der Waals surface area contributed by atoms with Crippen molar-refractivity contribution < 1.29 is 4.74 Å². The Labute approximate surface area is 124 Å². The molecule has 0 radical (unpaired) electrons. The van der Waals surface area contributed by atoms with E-state index in [1.165, 1.54) is 19.4 Å². The minimum atomic E-state index is 0.187. The molecule has 20 heavy (non-hydrogen) atoms. The maximum absolute atomic E-state index is 9.11. The van der Waals surface area contributed by atoms with Crippen molar-refractivity contribution in [3.63, 3.8) is 0 Å². The maximum atomic E-state index is 9.11. The lowest BCUT2D eigenvalue weighted by Crippen LogP contribution is -2.48. The van der Waals surface area contributed by atoms with Crippen LogP contribution in [0.5, 0.6) is 0 Å². The summed E-state index contributed by atoms with van der Waals surface area (Å²) in [6.45, 7) is 3.72. The zero-order valence-corrected chi connectivity index (χ0v) is 12.1. The van der Waals surface area contributed by atoms with Crippen LogP contribution < -0.4 is 5.32 Å². The van der Waals surface area contributed by atoms with Crippen LogP contribution in [0.1, 0.15) is 18.4 Å². The molecule has 0 amide bonds. The molecule has 1 N–H and O–H groups in total. The molecule has 2 atom stereocenters. The zero-order valence-electron chi connectivity index (χ0n) is 11.3. The van der Waals surface area contributed by atoms with Crippen LogP contribution in [0.2, 0.25) is 5.02 Å². The Balaban J connectivity index is 1.58. The van der Waals surface area contributed by atoms with E-state index in [0.717, 1.165) is 25.4 Å². The van der Waals surface area contributed by atoms with Gasteiger partial charge >= 0.3 is 0 Å². The van der Waals surface area contributed by atoms with Gasteiger partial charge in [-0.05, 0) is 37.6 Å². The van der Waals surface area contributed by atoms with Gasteiger partial charge in [-0.25, -0.2) is 0 Å². The first-order chi connectivity index (χ1) is 9.76. The number of halogens is 1. The second kappa shape index (κ2) is 6.01. The molecule has 2 heterocycles. The molecule has 0 aliphatic carbocycles. The highest BCUT2D eigenvalue weighted by atomic mass is 35.5. The largest absolute Gasteiger partial charge is 0.381 e. The van der Waals surface area contributed by atoms with E-state index in [1.807, 2.05) is 6.07 Å². The van der Waals surface area contributed by atoms with Crippen molar-refractivity contribution in [3.05, 3.63) is 28.8 Å². The number of morpholine rings is 1. The molecule has 2 aliphatic heterocycles. The van der Waals surface area contributed by atoms with Gasteiger partial charge in [-0.15, -0.1) is 0 Å². The number of hydrogen-bond acceptors (Lipinski definition) is 4. The fourth-order valence-corrected chi connectivity index (χ4v) is 3.17. The molecule has 2 fully saturated rings. The first kappa shape index (κ1) is 13.7.